The maximum atomic E-state index is 9.55. The zero-order valence-electron chi connectivity index (χ0n) is 9.53. The van der Waals surface area contributed by atoms with Gasteiger partial charge < -0.3 is 9.84 Å². The fourth-order valence-electron chi connectivity index (χ4n) is 2.91. The van der Waals surface area contributed by atoms with Crippen molar-refractivity contribution < 1.29 is 9.84 Å². The number of aliphatic hydroxyl groups is 1. The van der Waals surface area contributed by atoms with E-state index in [0.29, 0.717) is 18.6 Å². The van der Waals surface area contributed by atoms with Gasteiger partial charge in [-0.25, -0.2) is 0 Å². The Kier molecular flexibility index (Phi) is 4.42. The van der Waals surface area contributed by atoms with E-state index in [0.717, 1.165) is 26.1 Å². The third kappa shape index (κ3) is 2.92. The smallest absolute Gasteiger partial charge is 0.0589 e. The van der Waals surface area contributed by atoms with Gasteiger partial charge in [0.25, 0.3) is 0 Å². The lowest BCUT2D eigenvalue weighted by atomic mass is 9.90. The summed E-state index contributed by atoms with van der Waals surface area (Å²) in [7, 11) is 0. The summed E-state index contributed by atoms with van der Waals surface area (Å²) in [5.74, 6) is 0.654. The van der Waals surface area contributed by atoms with Crippen LogP contribution < -0.4 is 0 Å². The highest BCUT2D eigenvalue weighted by molar-refractivity contribution is 4.82. The molecule has 2 aliphatic rings. The number of hydrogen-bond acceptors (Lipinski definition) is 3. The van der Waals surface area contributed by atoms with E-state index >= 15 is 0 Å². The molecule has 0 amide bonds. The van der Waals surface area contributed by atoms with Gasteiger partial charge in [0.15, 0.2) is 0 Å². The lowest BCUT2D eigenvalue weighted by molar-refractivity contribution is 0.000884. The standard InChI is InChI=1S/C12H23NO2/c14-10-12(11-4-8-15-9-5-11)13-6-2-1-3-7-13/h11-12,14H,1-10H2. The SMILES string of the molecule is OCC(C1CCOCC1)N1CCCCC1. The van der Waals surface area contributed by atoms with Gasteiger partial charge in [-0.1, -0.05) is 6.42 Å². The van der Waals surface area contributed by atoms with E-state index in [1.165, 1.54) is 32.4 Å². The molecule has 1 unspecified atom stereocenters. The molecule has 0 bridgehead atoms. The second kappa shape index (κ2) is 5.83. The van der Waals surface area contributed by atoms with Crippen molar-refractivity contribution in [2.45, 2.75) is 38.1 Å². The molecule has 0 saturated carbocycles. The van der Waals surface area contributed by atoms with Crippen LogP contribution in [0.5, 0.6) is 0 Å². The molecule has 3 heteroatoms. The summed E-state index contributed by atoms with van der Waals surface area (Å²) >= 11 is 0. The zero-order chi connectivity index (χ0) is 10.5. The molecule has 88 valence electrons. The molecule has 15 heavy (non-hydrogen) atoms. The molecular formula is C12H23NO2. The van der Waals surface area contributed by atoms with Crippen LogP contribution in [0.15, 0.2) is 0 Å². The Labute approximate surface area is 92.4 Å². The summed E-state index contributed by atoms with van der Waals surface area (Å²) in [5.41, 5.74) is 0. The Morgan fingerprint density at radius 2 is 1.80 bits per heavy atom. The molecule has 2 fully saturated rings. The Hall–Kier alpha value is -0.120. The average molecular weight is 213 g/mol. The van der Waals surface area contributed by atoms with Crippen molar-refractivity contribution in [2.75, 3.05) is 32.9 Å². The minimum atomic E-state index is 0.324. The average Bonchev–Trinajstić information content (AvgIpc) is 2.33. The molecule has 1 N–H and O–H groups in total. The Morgan fingerprint density at radius 1 is 1.13 bits per heavy atom. The molecular weight excluding hydrogens is 190 g/mol. The van der Waals surface area contributed by atoms with Crippen LogP contribution in [0.2, 0.25) is 0 Å². The topological polar surface area (TPSA) is 32.7 Å². The Balaban J connectivity index is 1.88. The van der Waals surface area contributed by atoms with Crippen molar-refractivity contribution in [2.24, 2.45) is 5.92 Å². The minimum Gasteiger partial charge on any atom is -0.395 e. The van der Waals surface area contributed by atoms with Crippen LogP contribution in [0.1, 0.15) is 32.1 Å². The fourth-order valence-corrected chi connectivity index (χ4v) is 2.91. The van der Waals surface area contributed by atoms with E-state index in [1.807, 2.05) is 0 Å². The van der Waals surface area contributed by atoms with E-state index in [9.17, 15) is 5.11 Å². The van der Waals surface area contributed by atoms with Crippen molar-refractivity contribution in [3.63, 3.8) is 0 Å². The summed E-state index contributed by atoms with van der Waals surface area (Å²) in [6.07, 6.45) is 6.23. The first-order chi connectivity index (χ1) is 7.42. The molecule has 0 aliphatic carbocycles. The fraction of sp³-hybridized carbons (Fsp3) is 1.00. The number of piperidine rings is 1. The lowest BCUT2D eigenvalue weighted by Gasteiger charge is -2.39. The van der Waals surface area contributed by atoms with E-state index < -0.39 is 0 Å². The molecule has 0 aromatic rings. The van der Waals surface area contributed by atoms with E-state index in [1.54, 1.807) is 0 Å². The van der Waals surface area contributed by atoms with Crippen molar-refractivity contribution in [1.29, 1.82) is 0 Å². The van der Waals surface area contributed by atoms with Crippen LogP contribution >= 0.6 is 0 Å². The van der Waals surface area contributed by atoms with Crippen LogP contribution in [0.3, 0.4) is 0 Å². The molecule has 2 rings (SSSR count). The largest absolute Gasteiger partial charge is 0.395 e. The Morgan fingerprint density at radius 3 is 2.40 bits per heavy atom. The van der Waals surface area contributed by atoms with Crippen molar-refractivity contribution >= 4 is 0 Å². The van der Waals surface area contributed by atoms with Gasteiger partial charge in [-0.15, -0.1) is 0 Å². The maximum absolute atomic E-state index is 9.55. The number of likely N-dealkylation sites (tertiary alicyclic amines) is 1. The van der Waals surface area contributed by atoms with E-state index in [4.69, 9.17) is 4.74 Å². The van der Waals surface area contributed by atoms with Crippen LogP contribution in [0.4, 0.5) is 0 Å². The van der Waals surface area contributed by atoms with Crippen molar-refractivity contribution in [1.82, 2.24) is 4.90 Å². The predicted octanol–water partition coefficient (Wildman–Crippen LogP) is 1.26. The number of ether oxygens (including phenoxy) is 1. The number of nitrogens with zero attached hydrogens (tertiary/aromatic N) is 1. The summed E-state index contributed by atoms with van der Waals surface area (Å²) in [6, 6.07) is 0.397. The van der Waals surface area contributed by atoms with Gasteiger partial charge in [0.2, 0.25) is 0 Å². The van der Waals surface area contributed by atoms with Gasteiger partial charge in [0.05, 0.1) is 6.61 Å². The first kappa shape index (κ1) is 11.4. The third-order valence-corrected chi connectivity index (χ3v) is 3.86. The molecule has 3 nitrogen and oxygen atoms in total. The van der Waals surface area contributed by atoms with Gasteiger partial charge in [-0.3, -0.25) is 4.90 Å². The molecule has 0 radical (unpaired) electrons. The van der Waals surface area contributed by atoms with Gasteiger partial charge in [0, 0.05) is 19.3 Å². The first-order valence-corrected chi connectivity index (χ1v) is 6.34. The predicted molar refractivity (Wildman–Crippen MR) is 59.8 cm³/mol. The molecule has 2 saturated heterocycles. The first-order valence-electron chi connectivity index (χ1n) is 6.34. The zero-order valence-corrected chi connectivity index (χ0v) is 9.53. The summed E-state index contributed by atoms with van der Waals surface area (Å²) in [4.78, 5) is 2.50. The molecule has 2 heterocycles. The normalized spacial score (nSPS) is 27.8. The number of aliphatic hydroxyl groups excluding tert-OH is 1. The van der Waals surface area contributed by atoms with Crippen molar-refractivity contribution in [3.8, 4) is 0 Å². The molecule has 0 aromatic heterocycles. The highest BCUT2D eigenvalue weighted by Crippen LogP contribution is 2.24. The summed E-state index contributed by atoms with van der Waals surface area (Å²) in [5, 5.41) is 9.55. The monoisotopic (exact) mass is 213 g/mol. The number of hydrogen-bond donors (Lipinski definition) is 1. The van der Waals surface area contributed by atoms with Gasteiger partial charge in [-0.05, 0) is 44.7 Å². The van der Waals surface area contributed by atoms with Gasteiger partial charge in [-0.2, -0.15) is 0 Å². The Bertz CT molecular complexity index is 156. The third-order valence-electron chi connectivity index (χ3n) is 3.86. The highest BCUT2D eigenvalue weighted by atomic mass is 16.5. The maximum Gasteiger partial charge on any atom is 0.0589 e. The van der Waals surface area contributed by atoms with E-state index in [2.05, 4.69) is 4.90 Å². The quantitative estimate of drug-likeness (QED) is 0.766. The van der Waals surface area contributed by atoms with E-state index in [-0.39, 0.29) is 0 Å². The second-order valence-corrected chi connectivity index (χ2v) is 4.80. The molecule has 0 aromatic carbocycles. The minimum absolute atomic E-state index is 0.324. The van der Waals surface area contributed by atoms with Gasteiger partial charge in [0.1, 0.15) is 0 Å². The lowest BCUT2D eigenvalue weighted by Crippen LogP contribution is -2.47. The van der Waals surface area contributed by atoms with Crippen LogP contribution in [0.25, 0.3) is 0 Å². The van der Waals surface area contributed by atoms with Crippen molar-refractivity contribution in [3.05, 3.63) is 0 Å². The molecule has 2 aliphatic heterocycles. The molecule has 0 spiro atoms. The summed E-state index contributed by atoms with van der Waals surface area (Å²) in [6.45, 7) is 4.46. The van der Waals surface area contributed by atoms with Crippen LogP contribution in [0, 0.1) is 5.92 Å². The van der Waals surface area contributed by atoms with Crippen LogP contribution in [-0.2, 0) is 4.74 Å². The number of rotatable bonds is 3. The summed E-state index contributed by atoms with van der Waals surface area (Å²) < 4.78 is 5.38. The van der Waals surface area contributed by atoms with Gasteiger partial charge >= 0.3 is 0 Å². The highest BCUT2D eigenvalue weighted by Gasteiger charge is 2.29. The van der Waals surface area contributed by atoms with Crippen LogP contribution in [-0.4, -0.2) is 49.0 Å². The second-order valence-electron chi connectivity index (χ2n) is 4.80. The molecule has 1 atom stereocenters.